The lowest BCUT2D eigenvalue weighted by molar-refractivity contribution is -0.142. The van der Waals surface area contributed by atoms with Gasteiger partial charge in [-0.1, -0.05) is 6.08 Å². The highest BCUT2D eigenvalue weighted by Crippen LogP contribution is 2.07. The van der Waals surface area contributed by atoms with Crippen LogP contribution in [-0.4, -0.2) is 67.0 Å². The van der Waals surface area contributed by atoms with E-state index >= 15 is 0 Å². The maximum Gasteiger partial charge on any atom is 0.251 e. The van der Waals surface area contributed by atoms with Crippen LogP contribution in [-0.2, 0) is 14.3 Å². The zero-order valence-electron chi connectivity index (χ0n) is 12.2. The number of nitrogens with zero attached hydrogens (tertiary/aromatic N) is 2. The number of carbonyl (C=O) groups is 2. The van der Waals surface area contributed by atoms with E-state index in [-0.39, 0.29) is 18.4 Å². The van der Waals surface area contributed by atoms with Crippen molar-refractivity contribution < 1.29 is 14.3 Å². The molecule has 0 bridgehead atoms. The monoisotopic (exact) mass is 283 g/mol. The second kappa shape index (κ2) is 8.71. The highest BCUT2D eigenvalue weighted by molar-refractivity contribution is 5.80. The maximum absolute atomic E-state index is 12.2. The summed E-state index contributed by atoms with van der Waals surface area (Å²) in [5.41, 5.74) is 5.20. The third-order valence-corrected chi connectivity index (χ3v) is 3.32. The fourth-order valence-corrected chi connectivity index (χ4v) is 2.23. The van der Waals surface area contributed by atoms with Crippen LogP contribution < -0.4 is 5.73 Å². The molecule has 1 saturated heterocycles. The molecule has 6 nitrogen and oxygen atoms in total. The Hall–Kier alpha value is -1.40. The van der Waals surface area contributed by atoms with E-state index in [1.54, 1.807) is 17.9 Å². The van der Waals surface area contributed by atoms with E-state index < -0.39 is 6.10 Å². The van der Waals surface area contributed by atoms with E-state index in [1.165, 1.54) is 0 Å². The Morgan fingerprint density at radius 1 is 1.35 bits per heavy atom. The van der Waals surface area contributed by atoms with Crippen LogP contribution >= 0.6 is 0 Å². The van der Waals surface area contributed by atoms with Gasteiger partial charge >= 0.3 is 0 Å². The molecule has 2 amide bonds. The largest absolute Gasteiger partial charge is 0.369 e. The van der Waals surface area contributed by atoms with Crippen molar-refractivity contribution in [2.75, 3.05) is 39.3 Å². The van der Waals surface area contributed by atoms with E-state index in [9.17, 15) is 9.59 Å². The van der Waals surface area contributed by atoms with Crippen LogP contribution in [0, 0.1) is 0 Å². The van der Waals surface area contributed by atoms with Gasteiger partial charge in [0.05, 0.1) is 13.2 Å². The minimum Gasteiger partial charge on any atom is -0.369 e. The smallest absolute Gasteiger partial charge is 0.251 e. The van der Waals surface area contributed by atoms with Crippen LogP contribution in [0.3, 0.4) is 0 Å². The number of primary amides is 1. The number of hydrogen-bond acceptors (Lipinski definition) is 4. The first-order chi connectivity index (χ1) is 9.54. The van der Waals surface area contributed by atoms with Gasteiger partial charge in [-0.05, 0) is 19.8 Å². The summed E-state index contributed by atoms with van der Waals surface area (Å²) >= 11 is 0. The normalized spacial score (nSPS) is 18.4. The molecule has 0 aliphatic carbocycles. The minimum atomic E-state index is -0.433. The van der Waals surface area contributed by atoms with Gasteiger partial charge in [-0.15, -0.1) is 6.58 Å². The van der Waals surface area contributed by atoms with Crippen molar-refractivity contribution in [3.63, 3.8) is 0 Å². The molecule has 0 radical (unpaired) electrons. The van der Waals surface area contributed by atoms with Crippen molar-refractivity contribution in [1.29, 1.82) is 0 Å². The second-order valence-electron chi connectivity index (χ2n) is 5.01. The summed E-state index contributed by atoms with van der Waals surface area (Å²) < 4.78 is 5.48. The average molecular weight is 283 g/mol. The number of carbonyl (C=O) groups excluding carboxylic acids is 2. The van der Waals surface area contributed by atoms with Crippen LogP contribution in [0.4, 0.5) is 0 Å². The van der Waals surface area contributed by atoms with Gasteiger partial charge < -0.3 is 15.4 Å². The van der Waals surface area contributed by atoms with Gasteiger partial charge in [-0.3, -0.25) is 14.5 Å². The Balaban J connectivity index is 2.41. The third kappa shape index (κ3) is 5.71. The number of hydrogen-bond donors (Lipinski definition) is 1. The molecular formula is C14H25N3O3. The van der Waals surface area contributed by atoms with Gasteiger partial charge in [-0.2, -0.15) is 0 Å². The summed E-state index contributed by atoms with van der Waals surface area (Å²) in [7, 11) is 0. The molecule has 20 heavy (non-hydrogen) atoms. The second-order valence-corrected chi connectivity index (χ2v) is 5.01. The van der Waals surface area contributed by atoms with Gasteiger partial charge in [-0.25, -0.2) is 0 Å². The topological polar surface area (TPSA) is 75.9 Å². The van der Waals surface area contributed by atoms with Gasteiger partial charge in [0.15, 0.2) is 0 Å². The van der Waals surface area contributed by atoms with Crippen LogP contribution in [0.15, 0.2) is 12.7 Å². The van der Waals surface area contributed by atoms with Crippen molar-refractivity contribution in [3.05, 3.63) is 12.7 Å². The molecule has 1 atom stereocenters. The summed E-state index contributed by atoms with van der Waals surface area (Å²) in [6.45, 7) is 8.94. The molecule has 0 saturated carbocycles. The van der Waals surface area contributed by atoms with Crippen molar-refractivity contribution in [2.24, 2.45) is 5.73 Å². The van der Waals surface area contributed by atoms with Crippen LogP contribution in [0.1, 0.15) is 19.8 Å². The lowest BCUT2D eigenvalue weighted by Gasteiger charge is -2.24. The fraction of sp³-hybridized carbons (Fsp3) is 0.714. The number of ether oxygens (including phenoxy) is 1. The Morgan fingerprint density at radius 3 is 2.75 bits per heavy atom. The molecule has 1 aliphatic heterocycles. The summed E-state index contributed by atoms with van der Waals surface area (Å²) in [5.74, 6) is -0.319. The summed E-state index contributed by atoms with van der Waals surface area (Å²) in [5, 5.41) is 0. The molecule has 1 heterocycles. The van der Waals surface area contributed by atoms with Gasteiger partial charge in [0.2, 0.25) is 5.91 Å². The van der Waals surface area contributed by atoms with Gasteiger partial charge in [0.1, 0.15) is 6.10 Å². The molecule has 114 valence electrons. The lowest BCUT2D eigenvalue weighted by Crippen LogP contribution is -2.42. The fourth-order valence-electron chi connectivity index (χ4n) is 2.23. The lowest BCUT2D eigenvalue weighted by atomic mass is 10.3. The first-order valence-electron chi connectivity index (χ1n) is 7.06. The Kier molecular flexibility index (Phi) is 7.25. The van der Waals surface area contributed by atoms with E-state index in [0.29, 0.717) is 26.2 Å². The molecule has 6 heteroatoms. The molecule has 0 spiro atoms. The SMILES string of the molecule is C=CCCOC(C)C(=O)N1CCCN(CC(N)=O)CC1. The van der Waals surface area contributed by atoms with Gasteiger partial charge in [0.25, 0.3) is 5.91 Å². The van der Waals surface area contributed by atoms with Crippen LogP contribution in [0.25, 0.3) is 0 Å². The summed E-state index contributed by atoms with van der Waals surface area (Å²) in [6.07, 6.45) is 2.92. The molecule has 2 N–H and O–H groups in total. The van der Waals surface area contributed by atoms with Crippen molar-refractivity contribution in [1.82, 2.24) is 9.80 Å². The highest BCUT2D eigenvalue weighted by atomic mass is 16.5. The minimum absolute atomic E-state index is 0.00925. The predicted octanol–water partition coefficient (Wildman–Crippen LogP) is -0.0128. The summed E-state index contributed by atoms with van der Waals surface area (Å²) in [6, 6.07) is 0. The Labute approximate surface area is 120 Å². The van der Waals surface area contributed by atoms with E-state index in [1.807, 2.05) is 4.90 Å². The first kappa shape index (κ1) is 16.7. The molecule has 1 rings (SSSR count). The van der Waals surface area contributed by atoms with Crippen LogP contribution in [0.2, 0.25) is 0 Å². The zero-order valence-corrected chi connectivity index (χ0v) is 12.2. The molecule has 1 aliphatic rings. The molecular weight excluding hydrogens is 258 g/mol. The third-order valence-electron chi connectivity index (χ3n) is 3.32. The van der Waals surface area contributed by atoms with Crippen LogP contribution in [0.5, 0.6) is 0 Å². The number of rotatable bonds is 7. The molecule has 0 aromatic rings. The predicted molar refractivity (Wildman–Crippen MR) is 77.1 cm³/mol. The molecule has 0 aromatic carbocycles. The Morgan fingerprint density at radius 2 is 2.10 bits per heavy atom. The van der Waals surface area contributed by atoms with Crippen molar-refractivity contribution in [3.8, 4) is 0 Å². The molecule has 0 aromatic heterocycles. The quantitative estimate of drug-likeness (QED) is 0.526. The maximum atomic E-state index is 12.2. The number of amides is 2. The molecule has 1 fully saturated rings. The summed E-state index contributed by atoms with van der Waals surface area (Å²) in [4.78, 5) is 27.0. The van der Waals surface area contributed by atoms with E-state index in [0.717, 1.165) is 19.4 Å². The number of nitrogens with two attached hydrogens (primary N) is 1. The van der Waals surface area contributed by atoms with E-state index in [4.69, 9.17) is 10.5 Å². The van der Waals surface area contributed by atoms with Crippen molar-refractivity contribution in [2.45, 2.75) is 25.9 Å². The van der Waals surface area contributed by atoms with Gasteiger partial charge in [0, 0.05) is 26.2 Å². The van der Waals surface area contributed by atoms with Crippen molar-refractivity contribution >= 4 is 11.8 Å². The Bertz CT molecular complexity index is 347. The zero-order chi connectivity index (χ0) is 15.0. The average Bonchev–Trinajstić information content (AvgIpc) is 2.63. The molecule has 1 unspecified atom stereocenters. The van der Waals surface area contributed by atoms with E-state index in [2.05, 4.69) is 6.58 Å². The first-order valence-corrected chi connectivity index (χ1v) is 7.06. The standard InChI is InChI=1S/C14H25N3O3/c1-3-4-10-20-12(2)14(19)17-7-5-6-16(8-9-17)11-13(15)18/h3,12H,1,4-11H2,2H3,(H2,15,18). The highest BCUT2D eigenvalue weighted by Gasteiger charge is 2.24.